The second-order valence-corrected chi connectivity index (χ2v) is 5.14. The number of methoxy groups -OCH3 is 1. The molecule has 0 unspecified atom stereocenters. The van der Waals surface area contributed by atoms with Gasteiger partial charge in [-0.25, -0.2) is 4.79 Å². The van der Waals surface area contributed by atoms with Crippen molar-refractivity contribution in [3.63, 3.8) is 0 Å². The molecule has 0 atom stereocenters. The van der Waals surface area contributed by atoms with Crippen molar-refractivity contribution < 1.29 is 14.3 Å². The minimum atomic E-state index is -0.297. The Balaban J connectivity index is 2.03. The van der Waals surface area contributed by atoms with Crippen LogP contribution in [0.25, 0.3) is 0 Å². The molecule has 1 aromatic heterocycles. The Bertz CT molecular complexity index is 427. The molecular weight excluding hydrogens is 252 g/mol. The number of hydrogen-bond acceptors (Lipinski definition) is 6. The zero-order valence-electron chi connectivity index (χ0n) is 10.9. The highest BCUT2D eigenvalue weighted by molar-refractivity contribution is 7.10. The van der Waals surface area contributed by atoms with E-state index in [1.807, 2.05) is 6.92 Å². The van der Waals surface area contributed by atoms with Crippen molar-refractivity contribution in [3.05, 3.63) is 11.3 Å². The van der Waals surface area contributed by atoms with Crippen molar-refractivity contribution in [1.29, 1.82) is 0 Å². The van der Waals surface area contributed by atoms with Gasteiger partial charge >= 0.3 is 5.97 Å². The number of rotatable bonds is 5. The van der Waals surface area contributed by atoms with Gasteiger partial charge in [0.15, 0.2) is 0 Å². The lowest BCUT2D eigenvalue weighted by Gasteiger charge is -2.34. The molecule has 1 aromatic rings. The van der Waals surface area contributed by atoms with Gasteiger partial charge in [-0.2, -0.15) is 4.37 Å². The predicted octanol–water partition coefficient (Wildman–Crippen LogP) is 2.22. The summed E-state index contributed by atoms with van der Waals surface area (Å²) in [4.78, 5) is 11.8. The Labute approximate surface area is 111 Å². The topological polar surface area (TPSA) is 60.5 Å². The summed E-state index contributed by atoms with van der Waals surface area (Å²) >= 11 is 1.31. The molecule has 1 saturated carbocycles. The molecule has 1 fully saturated rings. The molecular formula is C12H18N2O3S. The van der Waals surface area contributed by atoms with Crippen LogP contribution in [-0.4, -0.2) is 36.2 Å². The fourth-order valence-electron chi connectivity index (χ4n) is 1.97. The first kappa shape index (κ1) is 13.3. The molecule has 0 saturated heterocycles. The van der Waals surface area contributed by atoms with Crippen LogP contribution in [0.5, 0.6) is 0 Å². The Hall–Kier alpha value is -1.14. The van der Waals surface area contributed by atoms with E-state index in [1.54, 1.807) is 14.0 Å². The van der Waals surface area contributed by atoms with Gasteiger partial charge in [-0.1, -0.05) is 0 Å². The largest absolute Gasteiger partial charge is 0.462 e. The van der Waals surface area contributed by atoms with E-state index in [0.717, 1.165) is 23.5 Å². The van der Waals surface area contributed by atoms with E-state index in [2.05, 4.69) is 9.69 Å². The SMILES string of the molecule is CCOC(=O)c1c(C)nsc1NC1CC(OC)C1. The van der Waals surface area contributed by atoms with E-state index < -0.39 is 0 Å². The molecule has 0 aromatic carbocycles. The molecule has 0 bridgehead atoms. The molecule has 0 spiro atoms. The number of esters is 1. The van der Waals surface area contributed by atoms with Gasteiger partial charge in [0.05, 0.1) is 18.4 Å². The fraction of sp³-hybridized carbons (Fsp3) is 0.667. The molecule has 0 amide bonds. The number of carbonyl (C=O) groups excluding carboxylic acids is 1. The maximum absolute atomic E-state index is 11.8. The molecule has 6 heteroatoms. The summed E-state index contributed by atoms with van der Waals surface area (Å²) < 4.78 is 14.5. The molecule has 100 valence electrons. The zero-order valence-corrected chi connectivity index (χ0v) is 11.7. The third-order valence-corrected chi connectivity index (χ3v) is 3.98. The number of nitrogens with one attached hydrogen (secondary N) is 1. The average Bonchev–Trinajstić information content (AvgIpc) is 2.64. The third-order valence-electron chi connectivity index (χ3n) is 3.11. The van der Waals surface area contributed by atoms with E-state index >= 15 is 0 Å². The van der Waals surface area contributed by atoms with Gasteiger partial charge in [-0.3, -0.25) is 0 Å². The van der Waals surface area contributed by atoms with Crippen LogP contribution in [0.15, 0.2) is 0 Å². The van der Waals surface area contributed by atoms with E-state index in [0.29, 0.717) is 24.3 Å². The van der Waals surface area contributed by atoms with E-state index in [-0.39, 0.29) is 5.97 Å². The van der Waals surface area contributed by atoms with Crippen molar-refractivity contribution in [2.45, 2.75) is 38.8 Å². The summed E-state index contributed by atoms with van der Waals surface area (Å²) in [5.74, 6) is -0.297. The molecule has 0 radical (unpaired) electrons. The first-order chi connectivity index (χ1) is 8.65. The summed E-state index contributed by atoms with van der Waals surface area (Å²) in [7, 11) is 1.72. The van der Waals surface area contributed by atoms with E-state index in [1.165, 1.54) is 11.5 Å². The maximum Gasteiger partial charge on any atom is 0.343 e. The summed E-state index contributed by atoms with van der Waals surface area (Å²) in [5.41, 5.74) is 1.30. The molecule has 1 aliphatic carbocycles. The number of anilines is 1. The Morgan fingerprint density at radius 1 is 1.56 bits per heavy atom. The first-order valence-electron chi connectivity index (χ1n) is 6.08. The lowest BCUT2D eigenvalue weighted by Crippen LogP contribution is -2.40. The first-order valence-corrected chi connectivity index (χ1v) is 6.85. The number of nitrogens with zero attached hydrogens (tertiary/aromatic N) is 1. The van der Waals surface area contributed by atoms with Crippen molar-refractivity contribution in [1.82, 2.24) is 4.37 Å². The maximum atomic E-state index is 11.8. The molecule has 2 rings (SSSR count). The van der Waals surface area contributed by atoms with Crippen molar-refractivity contribution in [3.8, 4) is 0 Å². The van der Waals surface area contributed by atoms with Crippen LogP contribution in [0.3, 0.4) is 0 Å². The monoisotopic (exact) mass is 270 g/mol. The Kier molecular flexibility index (Phi) is 4.19. The number of ether oxygens (including phenoxy) is 2. The van der Waals surface area contributed by atoms with Gasteiger partial charge in [-0.05, 0) is 38.2 Å². The second kappa shape index (κ2) is 5.67. The third kappa shape index (κ3) is 2.64. The minimum absolute atomic E-state index is 0.297. The highest BCUT2D eigenvalue weighted by Gasteiger charge is 2.31. The molecule has 5 nitrogen and oxygen atoms in total. The molecule has 0 aliphatic heterocycles. The summed E-state index contributed by atoms with van der Waals surface area (Å²) in [6, 6.07) is 0.364. The molecule has 1 N–H and O–H groups in total. The van der Waals surface area contributed by atoms with E-state index in [4.69, 9.17) is 9.47 Å². The summed E-state index contributed by atoms with van der Waals surface area (Å²) in [6.45, 7) is 4.00. The van der Waals surface area contributed by atoms with Gasteiger partial charge in [0, 0.05) is 13.2 Å². The number of carbonyl (C=O) groups is 1. The van der Waals surface area contributed by atoms with Gasteiger partial charge in [0.2, 0.25) is 0 Å². The van der Waals surface area contributed by atoms with Crippen LogP contribution in [0.1, 0.15) is 35.8 Å². The fourth-order valence-corrected chi connectivity index (χ4v) is 2.83. The van der Waals surface area contributed by atoms with Crippen LogP contribution in [0.4, 0.5) is 5.00 Å². The highest BCUT2D eigenvalue weighted by Crippen LogP contribution is 2.31. The summed E-state index contributed by atoms with van der Waals surface area (Å²) in [5, 5.41) is 4.16. The van der Waals surface area contributed by atoms with Crippen LogP contribution in [0, 0.1) is 6.92 Å². The van der Waals surface area contributed by atoms with Gasteiger partial charge < -0.3 is 14.8 Å². The van der Waals surface area contributed by atoms with Crippen molar-refractivity contribution in [2.24, 2.45) is 0 Å². The smallest absolute Gasteiger partial charge is 0.343 e. The molecule has 1 aliphatic rings. The number of hydrogen-bond donors (Lipinski definition) is 1. The van der Waals surface area contributed by atoms with Crippen LogP contribution < -0.4 is 5.32 Å². The number of aromatic nitrogens is 1. The van der Waals surface area contributed by atoms with Crippen LogP contribution in [0.2, 0.25) is 0 Å². The molecule has 18 heavy (non-hydrogen) atoms. The Morgan fingerprint density at radius 3 is 2.89 bits per heavy atom. The Morgan fingerprint density at radius 2 is 2.28 bits per heavy atom. The average molecular weight is 270 g/mol. The lowest BCUT2D eigenvalue weighted by molar-refractivity contribution is 0.0329. The van der Waals surface area contributed by atoms with Gasteiger partial charge in [0.1, 0.15) is 10.6 Å². The quantitative estimate of drug-likeness (QED) is 0.831. The minimum Gasteiger partial charge on any atom is -0.462 e. The van der Waals surface area contributed by atoms with Crippen LogP contribution >= 0.6 is 11.5 Å². The van der Waals surface area contributed by atoms with Gasteiger partial charge in [-0.15, -0.1) is 0 Å². The predicted molar refractivity (Wildman–Crippen MR) is 70.2 cm³/mol. The van der Waals surface area contributed by atoms with Gasteiger partial charge in [0.25, 0.3) is 0 Å². The molecule has 1 heterocycles. The standard InChI is InChI=1S/C12H18N2O3S/c1-4-17-12(15)10-7(2)14-18-11(10)13-8-5-9(6-8)16-3/h8-9,13H,4-6H2,1-3H3. The van der Waals surface area contributed by atoms with Crippen molar-refractivity contribution >= 4 is 22.5 Å². The second-order valence-electron chi connectivity index (χ2n) is 4.36. The van der Waals surface area contributed by atoms with E-state index in [9.17, 15) is 4.79 Å². The lowest BCUT2D eigenvalue weighted by atomic mass is 9.89. The highest BCUT2D eigenvalue weighted by atomic mass is 32.1. The zero-order chi connectivity index (χ0) is 13.1. The van der Waals surface area contributed by atoms with Crippen LogP contribution in [-0.2, 0) is 9.47 Å². The van der Waals surface area contributed by atoms with Crippen molar-refractivity contribution in [2.75, 3.05) is 19.0 Å². The normalized spacial score (nSPS) is 22.4. The summed E-state index contributed by atoms with van der Waals surface area (Å²) in [6.07, 6.45) is 2.27. The number of aryl methyl sites for hydroxylation is 1.